The van der Waals surface area contributed by atoms with Gasteiger partial charge in [-0.3, -0.25) is 4.79 Å². The fourth-order valence-corrected chi connectivity index (χ4v) is 1.09. The van der Waals surface area contributed by atoms with Crippen molar-refractivity contribution >= 4 is 23.4 Å². The monoisotopic (exact) mass is 197 g/mol. The second kappa shape index (κ2) is 4.05. The number of benzene rings is 1. The standard InChI is InChI=1S/C9H7ClO3/c10-7-4-2-1-3-6(7)5-8(11)9(12)13/h1-4H,5H2,(H,12,13)/p-1. The molecular formula is C9H6ClO3-. The first kappa shape index (κ1) is 9.74. The Labute approximate surface area is 79.9 Å². The Morgan fingerprint density at radius 2 is 1.92 bits per heavy atom. The highest BCUT2D eigenvalue weighted by Gasteiger charge is 2.06. The van der Waals surface area contributed by atoms with Gasteiger partial charge in [0.05, 0.1) is 0 Å². The van der Waals surface area contributed by atoms with Gasteiger partial charge >= 0.3 is 0 Å². The summed E-state index contributed by atoms with van der Waals surface area (Å²) in [6.07, 6.45) is -0.220. The number of aliphatic carboxylic acids is 1. The molecule has 0 aliphatic carbocycles. The fourth-order valence-electron chi connectivity index (χ4n) is 0.887. The first-order chi connectivity index (χ1) is 6.11. The number of carboxylic acids is 1. The highest BCUT2D eigenvalue weighted by atomic mass is 35.5. The van der Waals surface area contributed by atoms with Crippen molar-refractivity contribution in [2.75, 3.05) is 0 Å². The van der Waals surface area contributed by atoms with Crippen LogP contribution in [0.5, 0.6) is 0 Å². The van der Waals surface area contributed by atoms with Gasteiger partial charge in [0.2, 0.25) is 0 Å². The number of hydrogen-bond acceptors (Lipinski definition) is 3. The molecule has 0 spiro atoms. The number of carbonyl (C=O) groups excluding carboxylic acids is 2. The van der Waals surface area contributed by atoms with Gasteiger partial charge in [0.15, 0.2) is 5.78 Å². The Balaban J connectivity index is 2.81. The van der Waals surface area contributed by atoms with Crippen molar-refractivity contribution in [3.63, 3.8) is 0 Å². The summed E-state index contributed by atoms with van der Waals surface area (Å²) < 4.78 is 0. The van der Waals surface area contributed by atoms with Crippen LogP contribution in [0, 0.1) is 0 Å². The number of Topliss-reactive ketones (excluding diaryl/α,β-unsaturated/α-hetero) is 1. The highest BCUT2D eigenvalue weighted by Crippen LogP contribution is 2.15. The van der Waals surface area contributed by atoms with Crippen molar-refractivity contribution in [1.29, 1.82) is 0 Å². The van der Waals surface area contributed by atoms with Gasteiger partial charge in [-0.1, -0.05) is 29.8 Å². The fraction of sp³-hybridized carbons (Fsp3) is 0.111. The van der Waals surface area contributed by atoms with Crippen molar-refractivity contribution in [3.05, 3.63) is 34.9 Å². The molecular weight excluding hydrogens is 192 g/mol. The lowest BCUT2D eigenvalue weighted by Crippen LogP contribution is -2.32. The first-order valence-corrected chi connectivity index (χ1v) is 3.96. The molecule has 0 aliphatic heterocycles. The van der Waals surface area contributed by atoms with Crippen molar-refractivity contribution in [2.24, 2.45) is 0 Å². The normalized spacial score (nSPS) is 9.62. The molecule has 1 aromatic carbocycles. The van der Waals surface area contributed by atoms with Crippen LogP contribution in [0.1, 0.15) is 5.56 Å². The molecule has 0 aliphatic rings. The maximum absolute atomic E-state index is 10.7. The molecule has 0 N–H and O–H groups in total. The lowest BCUT2D eigenvalue weighted by atomic mass is 10.1. The predicted octanol–water partition coefficient (Wildman–Crippen LogP) is 0.201. The highest BCUT2D eigenvalue weighted by molar-refractivity contribution is 6.34. The van der Waals surface area contributed by atoms with E-state index in [0.29, 0.717) is 10.6 Å². The van der Waals surface area contributed by atoms with Crippen LogP contribution in [0.25, 0.3) is 0 Å². The van der Waals surface area contributed by atoms with E-state index in [9.17, 15) is 14.7 Å². The van der Waals surface area contributed by atoms with Gasteiger partial charge in [0.1, 0.15) is 5.97 Å². The van der Waals surface area contributed by atoms with Gasteiger partial charge in [-0.15, -0.1) is 0 Å². The van der Waals surface area contributed by atoms with Crippen LogP contribution in [0.15, 0.2) is 24.3 Å². The van der Waals surface area contributed by atoms with Gasteiger partial charge in [0, 0.05) is 11.4 Å². The topological polar surface area (TPSA) is 57.2 Å². The van der Waals surface area contributed by atoms with Crippen molar-refractivity contribution in [1.82, 2.24) is 0 Å². The third-order valence-electron chi connectivity index (χ3n) is 1.54. The van der Waals surface area contributed by atoms with Crippen LogP contribution in [0.2, 0.25) is 5.02 Å². The Hall–Kier alpha value is -1.35. The van der Waals surface area contributed by atoms with Crippen molar-refractivity contribution in [3.8, 4) is 0 Å². The molecule has 0 fully saturated rings. The molecule has 0 aromatic heterocycles. The zero-order valence-corrected chi connectivity index (χ0v) is 7.38. The van der Waals surface area contributed by atoms with Crippen LogP contribution in [0.3, 0.4) is 0 Å². The van der Waals surface area contributed by atoms with E-state index in [2.05, 4.69) is 0 Å². The molecule has 4 heteroatoms. The number of halogens is 1. The average Bonchev–Trinajstić information content (AvgIpc) is 2.08. The summed E-state index contributed by atoms with van der Waals surface area (Å²) >= 11 is 5.71. The van der Waals surface area contributed by atoms with E-state index >= 15 is 0 Å². The minimum Gasteiger partial charge on any atom is -0.542 e. The summed E-state index contributed by atoms with van der Waals surface area (Å²) in [7, 11) is 0. The molecule has 0 radical (unpaired) electrons. The molecule has 1 rings (SSSR count). The van der Waals surface area contributed by atoms with Gasteiger partial charge in [-0.25, -0.2) is 0 Å². The third kappa shape index (κ3) is 2.56. The summed E-state index contributed by atoms with van der Waals surface area (Å²) in [5.41, 5.74) is 0.498. The Morgan fingerprint density at radius 3 is 2.46 bits per heavy atom. The molecule has 0 atom stereocenters. The minimum atomic E-state index is -1.68. The number of carbonyl (C=O) groups is 2. The predicted molar refractivity (Wildman–Crippen MR) is 45.2 cm³/mol. The molecule has 0 amide bonds. The van der Waals surface area contributed by atoms with E-state index in [1.54, 1.807) is 24.3 Å². The maximum Gasteiger partial charge on any atom is 0.182 e. The molecule has 0 saturated heterocycles. The smallest absolute Gasteiger partial charge is 0.182 e. The average molecular weight is 198 g/mol. The largest absolute Gasteiger partial charge is 0.542 e. The molecule has 0 heterocycles. The maximum atomic E-state index is 10.7. The summed E-state index contributed by atoms with van der Waals surface area (Å²) in [6, 6.07) is 6.59. The molecule has 3 nitrogen and oxygen atoms in total. The zero-order valence-electron chi connectivity index (χ0n) is 6.62. The van der Waals surface area contributed by atoms with E-state index in [-0.39, 0.29) is 6.42 Å². The van der Waals surface area contributed by atoms with Crippen molar-refractivity contribution in [2.45, 2.75) is 6.42 Å². The number of carboxylic acid groups (broad SMARTS) is 1. The molecule has 0 unspecified atom stereocenters. The van der Waals surface area contributed by atoms with Gasteiger partial charge in [-0.05, 0) is 11.6 Å². The molecule has 1 aromatic rings. The molecule has 13 heavy (non-hydrogen) atoms. The van der Waals surface area contributed by atoms with Gasteiger partial charge in [0.25, 0.3) is 0 Å². The zero-order chi connectivity index (χ0) is 9.84. The van der Waals surface area contributed by atoms with Crippen LogP contribution in [-0.2, 0) is 16.0 Å². The van der Waals surface area contributed by atoms with Crippen molar-refractivity contribution < 1.29 is 14.7 Å². The van der Waals surface area contributed by atoms with E-state index in [1.165, 1.54) is 0 Å². The summed E-state index contributed by atoms with van der Waals surface area (Å²) in [6.45, 7) is 0. The Bertz CT molecular complexity index is 346. The quantitative estimate of drug-likeness (QED) is 0.651. The summed E-state index contributed by atoms with van der Waals surface area (Å²) in [4.78, 5) is 20.9. The Morgan fingerprint density at radius 1 is 1.31 bits per heavy atom. The van der Waals surface area contributed by atoms with E-state index < -0.39 is 11.8 Å². The van der Waals surface area contributed by atoms with Crippen LogP contribution in [-0.4, -0.2) is 11.8 Å². The van der Waals surface area contributed by atoms with Crippen LogP contribution < -0.4 is 5.11 Å². The number of ketones is 1. The first-order valence-electron chi connectivity index (χ1n) is 3.59. The minimum absolute atomic E-state index is 0.220. The lowest BCUT2D eigenvalue weighted by molar-refractivity contribution is -0.299. The molecule has 0 saturated carbocycles. The SMILES string of the molecule is O=C([O-])C(=O)Cc1ccccc1Cl. The van der Waals surface area contributed by atoms with Crippen LogP contribution >= 0.6 is 11.6 Å². The molecule has 0 bridgehead atoms. The van der Waals surface area contributed by atoms with E-state index in [0.717, 1.165) is 0 Å². The number of rotatable bonds is 3. The third-order valence-corrected chi connectivity index (χ3v) is 1.91. The second-order valence-electron chi connectivity index (χ2n) is 2.48. The van der Waals surface area contributed by atoms with Crippen LogP contribution in [0.4, 0.5) is 0 Å². The van der Waals surface area contributed by atoms with E-state index in [4.69, 9.17) is 11.6 Å². The van der Waals surface area contributed by atoms with Gasteiger partial charge < -0.3 is 9.90 Å². The number of hydrogen-bond donors (Lipinski definition) is 0. The molecule has 68 valence electrons. The van der Waals surface area contributed by atoms with E-state index in [1.807, 2.05) is 0 Å². The summed E-state index contributed by atoms with van der Waals surface area (Å²) in [5, 5.41) is 10.5. The second-order valence-corrected chi connectivity index (χ2v) is 2.89. The lowest BCUT2D eigenvalue weighted by Gasteiger charge is -2.03. The summed E-state index contributed by atoms with van der Waals surface area (Å²) in [5.74, 6) is -2.65. The Kier molecular flexibility index (Phi) is 3.03. The van der Waals surface area contributed by atoms with Gasteiger partial charge in [-0.2, -0.15) is 0 Å².